The first-order valence-corrected chi connectivity index (χ1v) is 7.50. The van der Waals surface area contributed by atoms with Crippen molar-refractivity contribution in [3.05, 3.63) is 0 Å². The fraction of sp³-hybridized carbons (Fsp3) is 0.833. The Hall–Kier alpha value is -0.950. The van der Waals surface area contributed by atoms with Crippen LogP contribution in [0.15, 0.2) is 0 Å². The van der Waals surface area contributed by atoms with Gasteiger partial charge in [-0.3, -0.25) is 4.79 Å². The van der Waals surface area contributed by atoms with E-state index in [1.54, 1.807) is 0 Å². The van der Waals surface area contributed by atoms with Crippen molar-refractivity contribution in [1.29, 1.82) is 0 Å². The third kappa shape index (κ3) is 9.61. The van der Waals surface area contributed by atoms with Crippen molar-refractivity contribution in [1.82, 2.24) is 10.2 Å². The lowest BCUT2D eigenvalue weighted by atomic mass is 10.3. The van der Waals surface area contributed by atoms with Crippen LogP contribution in [0.2, 0.25) is 0 Å². The minimum atomic E-state index is -1.03. The first-order chi connectivity index (χ1) is 9.01. The van der Waals surface area contributed by atoms with Crippen LogP contribution in [0.4, 0.5) is 4.79 Å². The van der Waals surface area contributed by atoms with Gasteiger partial charge in [-0.2, -0.15) is 11.8 Å². The molecule has 2 amide bonds. The number of ether oxygens (including phenoxy) is 1. The van der Waals surface area contributed by atoms with E-state index in [9.17, 15) is 9.59 Å². The SMILES string of the molecule is CCSCCC(C)NC(=O)N(CCOC)CC(=O)O. The molecule has 0 radical (unpaired) electrons. The van der Waals surface area contributed by atoms with Gasteiger partial charge in [-0.15, -0.1) is 0 Å². The fourth-order valence-electron chi connectivity index (χ4n) is 1.40. The van der Waals surface area contributed by atoms with Gasteiger partial charge in [-0.05, 0) is 24.9 Å². The molecule has 0 aromatic heterocycles. The summed E-state index contributed by atoms with van der Waals surface area (Å²) in [5.74, 6) is 1.01. The number of thioether (sulfide) groups is 1. The highest BCUT2D eigenvalue weighted by molar-refractivity contribution is 7.99. The molecule has 0 aromatic rings. The van der Waals surface area contributed by atoms with Crippen LogP contribution in [-0.2, 0) is 9.53 Å². The summed E-state index contributed by atoms with van der Waals surface area (Å²) in [6.07, 6.45) is 0.870. The van der Waals surface area contributed by atoms with Gasteiger partial charge in [0.25, 0.3) is 0 Å². The summed E-state index contributed by atoms with van der Waals surface area (Å²) in [7, 11) is 1.52. The maximum absolute atomic E-state index is 11.9. The first-order valence-electron chi connectivity index (χ1n) is 6.35. The van der Waals surface area contributed by atoms with Crippen molar-refractivity contribution >= 4 is 23.8 Å². The Labute approximate surface area is 118 Å². The number of carboxylic acids is 1. The summed E-state index contributed by atoms with van der Waals surface area (Å²) in [5, 5.41) is 11.6. The number of carbonyl (C=O) groups excluding carboxylic acids is 1. The Morgan fingerprint density at radius 2 is 2.16 bits per heavy atom. The number of aliphatic carboxylic acids is 1. The molecule has 0 aliphatic heterocycles. The topological polar surface area (TPSA) is 78.9 Å². The molecule has 0 spiro atoms. The normalized spacial score (nSPS) is 11.9. The van der Waals surface area contributed by atoms with Gasteiger partial charge in [0.05, 0.1) is 6.61 Å². The highest BCUT2D eigenvalue weighted by atomic mass is 32.2. The zero-order chi connectivity index (χ0) is 14.7. The van der Waals surface area contributed by atoms with E-state index < -0.39 is 5.97 Å². The van der Waals surface area contributed by atoms with E-state index in [1.807, 2.05) is 18.7 Å². The summed E-state index contributed by atoms with van der Waals surface area (Å²) in [4.78, 5) is 23.9. The van der Waals surface area contributed by atoms with Crippen LogP contribution in [0.25, 0.3) is 0 Å². The summed E-state index contributed by atoms with van der Waals surface area (Å²) in [5.41, 5.74) is 0. The molecule has 0 saturated heterocycles. The van der Waals surface area contributed by atoms with Gasteiger partial charge in [-0.25, -0.2) is 4.79 Å². The zero-order valence-corrected chi connectivity index (χ0v) is 12.7. The maximum atomic E-state index is 11.9. The molecule has 0 rings (SSSR count). The zero-order valence-electron chi connectivity index (χ0n) is 11.8. The van der Waals surface area contributed by atoms with Crippen LogP contribution in [-0.4, -0.2) is 66.4 Å². The van der Waals surface area contributed by atoms with Crippen LogP contribution in [0.3, 0.4) is 0 Å². The molecule has 7 heteroatoms. The standard InChI is InChI=1S/C12H24N2O4S/c1-4-19-8-5-10(2)13-12(17)14(6-7-18-3)9-11(15)16/h10H,4-9H2,1-3H3,(H,13,17)(H,15,16). The molecule has 2 N–H and O–H groups in total. The molecule has 0 saturated carbocycles. The van der Waals surface area contributed by atoms with Gasteiger partial charge >= 0.3 is 12.0 Å². The van der Waals surface area contributed by atoms with E-state index in [0.29, 0.717) is 6.61 Å². The second kappa shape index (κ2) is 10.9. The van der Waals surface area contributed by atoms with E-state index in [1.165, 1.54) is 12.0 Å². The number of urea groups is 1. The molecule has 0 heterocycles. The first kappa shape index (κ1) is 18.0. The molecule has 0 fully saturated rings. The van der Waals surface area contributed by atoms with Crippen LogP contribution in [0.1, 0.15) is 20.3 Å². The molecule has 6 nitrogen and oxygen atoms in total. The predicted octanol–water partition coefficient (Wildman–Crippen LogP) is 1.26. The Bertz CT molecular complexity index is 276. The van der Waals surface area contributed by atoms with Crippen molar-refractivity contribution in [2.24, 2.45) is 0 Å². The summed E-state index contributed by atoms with van der Waals surface area (Å²) in [6, 6.07) is -0.321. The number of nitrogens with one attached hydrogen (secondary N) is 1. The Kier molecular flexibility index (Phi) is 10.4. The Balaban J connectivity index is 4.17. The number of nitrogens with zero attached hydrogens (tertiary/aromatic N) is 1. The average Bonchev–Trinajstić information content (AvgIpc) is 2.34. The molecular weight excluding hydrogens is 268 g/mol. The highest BCUT2D eigenvalue weighted by Crippen LogP contribution is 2.04. The fourth-order valence-corrected chi connectivity index (χ4v) is 2.20. The number of hydrogen-bond donors (Lipinski definition) is 2. The molecular formula is C12H24N2O4S. The summed E-state index contributed by atoms with van der Waals surface area (Å²) in [6.45, 7) is 4.29. The van der Waals surface area contributed by atoms with Gasteiger partial charge in [0.2, 0.25) is 0 Å². The second-order valence-corrected chi connectivity index (χ2v) is 5.54. The number of rotatable bonds is 10. The van der Waals surface area contributed by atoms with Crippen molar-refractivity contribution in [2.75, 3.05) is 38.3 Å². The van der Waals surface area contributed by atoms with Crippen molar-refractivity contribution in [3.63, 3.8) is 0 Å². The number of carbonyl (C=O) groups is 2. The quantitative estimate of drug-likeness (QED) is 0.593. The van der Waals surface area contributed by atoms with E-state index in [2.05, 4.69) is 12.2 Å². The highest BCUT2D eigenvalue weighted by Gasteiger charge is 2.17. The molecule has 0 aromatic carbocycles. The minimum Gasteiger partial charge on any atom is -0.480 e. The average molecular weight is 292 g/mol. The van der Waals surface area contributed by atoms with Gasteiger partial charge in [0, 0.05) is 19.7 Å². The molecule has 112 valence electrons. The van der Waals surface area contributed by atoms with Crippen molar-refractivity contribution in [2.45, 2.75) is 26.3 Å². The number of hydrogen-bond acceptors (Lipinski definition) is 4. The van der Waals surface area contributed by atoms with Crippen LogP contribution >= 0.6 is 11.8 Å². The molecule has 1 atom stereocenters. The van der Waals surface area contributed by atoms with E-state index in [0.717, 1.165) is 17.9 Å². The van der Waals surface area contributed by atoms with Crippen LogP contribution in [0.5, 0.6) is 0 Å². The largest absolute Gasteiger partial charge is 0.480 e. The minimum absolute atomic E-state index is 0.0328. The molecule has 0 aliphatic carbocycles. The van der Waals surface area contributed by atoms with E-state index in [-0.39, 0.29) is 25.2 Å². The number of methoxy groups -OCH3 is 1. The van der Waals surface area contributed by atoms with Crippen molar-refractivity contribution < 1.29 is 19.4 Å². The lowest BCUT2D eigenvalue weighted by Gasteiger charge is -2.23. The molecule has 19 heavy (non-hydrogen) atoms. The molecule has 0 bridgehead atoms. The smallest absolute Gasteiger partial charge is 0.323 e. The number of carboxylic acid groups (broad SMARTS) is 1. The lowest BCUT2D eigenvalue weighted by molar-refractivity contribution is -0.137. The Morgan fingerprint density at radius 3 is 2.68 bits per heavy atom. The second-order valence-electron chi connectivity index (χ2n) is 4.14. The Morgan fingerprint density at radius 1 is 1.47 bits per heavy atom. The van der Waals surface area contributed by atoms with Gasteiger partial charge < -0.3 is 20.1 Å². The number of amides is 2. The van der Waals surface area contributed by atoms with E-state index >= 15 is 0 Å². The van der Waals surface area contributed by atoms with Crippen LogP contribution in [0, 0.1) is 0 Å². The van der Waals surface area contributed by atoms with Crippen molar-refractivity contribution in [3.8, 4) is 0 Å². The van der Waals surface area contributed by atoms with Gasteiger partial charge in [0.1, 0.15) is 6.54 Å². The van der Waals surface area contributed by atoms with Gasteiger partial charge in [0.15, 0.2) is 0 Å². The molecule has 1 unspecified atom stereocenters. The summed E-state index contributed by atoms with van der Waals surface area (Å²) < 4.78 is 4.87. The lowest BCUT2D eigenvalue weighted by Crippen LogP contribution is -2.47. The van der Waals surface area contributed by atoms with Crippen LogP contribution < -0.4 is 5.32 Å². The molecule has 0 aliphatic rings. The maximum Gasteiger partial charge on any atom is 0.323 e. The third-order valence-corrected chi connectivity index (χ3v) is 3.38. The summed E-state index contributed by atoms with van der Waals surface area (Å²) >= 11 is 1.82. The third-order valence-electron chi connectivity index (χ3n) is 2.45. The predicted molar refractivity (Wildman–Crippen MR) is 76.7 cm³/mol. The monoisotopic (exact) mass is 292 g/mol. The van der Waals surface area contributed by atoms with E-state index in [4.69, 9.17) is 9.84 Å². The van der Waals surface area contributed by atoms with Gasteiger partial charge in [-0.1, -0.05) is 6.92 Å².